The number of carbonyl (C=O) groups excluding carboxylic acids is 1. The van der Waals surface area contributed by atoms with Crippen LogP contribution in [0.15, 0.2) is 5.16 Å². The maximum absolute atomic E-state index is 12.6. The quantitative estimate of drug-likeness (QED) is 0.323. The van der Waals surface area contributed by atoms with Gasteiger partial charge in [-0.05, 0) is 43.4 Å². The summed E-state index contributed by atoms with van der Waals surface area (Å²) in [5.74, 6) is -0.185. The first-order chi connectivity index (χ1) is 9.46. The van der Waals surface area contributed by atoms with Gasteiger partial charge in [0.15, 0.2) is 5.84 Å². The predicted octanol–water partition coefficient (Wildman–Crippen LogP) is 2.87. The minimum Gasteiger partial charge on any atom is -0.409 e. The fourth-order valence-electron chi connectivity index (χ4n) is 3.86. The summed E-state index contributed by atoms with van der Waals surface area (Å²) in [6.45, 7) is 12.6. The number of hydrogen-bond donors (Lipinski definition) is 3. The smallest absolute Gasteiger partial charge is 0.233 e. The number of oxime groups is 1. The Morgan fingerprint density at radius 1 is 1.33 bits per heavy atom. The molecule has 1 aliphatic carbocycles. The number of carbonyl (C=O) groups is 1. The molecule has 1 aliphatic rings. The third kappa shape index (κ3) is 4.11. The van der Waals surface area contributed by atoms with E-state index in [0.717, 1.165) is 19.3 Å². The van der Waals surface area contributed by atoms with Crippen LogP contribution in [0.3, 0.4) is 0 Å². The normalized spacial score (nSPS) is 25.1. The highest BCUT2D eigenvalue weighted by molar-refractivity contribution is 6.06. The lowest BCUT2D eigenvalue weighted by Crippen LogP contribution is -2.53. The molecule has 0 aliphatic heterocycles. The Bertz CT molecular complexity index is 413. The van der Waals surface area contributed by atoms with E-state index in [1.807, 2.05) is 6.92 Å². The van der Waals surface area contributed by atoms with Crippen LogP contribution in [-0.2, 0) is 4.79 Å². The number of amidine groups is 1. The van der Waals surface area contributed by atoms with Crippen molar-refractivity contribution in [2.75, 3.05) is 0 Å². The summed E-state index contributed by atoms with van der Waals surface area (Å²) in [5.41, 5.74) is 5.17. The monoisotopic (exact) mass is 297 g/mol. The van der Waals surface area contributed by atoms with Crippen molar-refractivity contribution < 1.29 is 10.0 Å². The molecule has 1 amide bonds. The summed E-state index contributed by atoms with van der Waals surface area (Å²) in [6.07, 6.45) is 3.56. The SMILES string of the molecule is CCC(C)(C(=O)NC1CC(C)(C)CC(C)(C)C1)C(N)=NO. The molecule has 0 aromatic heterocycles. The van der Waals surface area contributed by atoms with Gasteiger partial charge in [-0.2, -0.15) is 0 Å². The van der Waals surface area contributed by atoms with Gasteiger partial charge in [-0.15, -0.1) is 0 Å². The second-order valence-corrected chi connectivity index (χ2v) is 8.25. The van der Waals surface area contributed by atoms with Crippen molar-refractivity contribution in [1.29, 1.82) is 0 Å². The lowest BCUT2D eigenvalue weighted by Gasteiger charge is -2.45. The Hall–Kier alpha value is -1.26. The summed E-state index contributed by atoms with van der Waals surface area (Å²) >= 11 is 0. The number of rotatable bonds is 4. The van der Waals surface area contributed by atoms with E-state index in [4.69, 9.17) is 10.9 Å². The highest BCUT2D eigenvalue weighted by Crippen LogP contribution is 2.45. The lowest BCUT2D eigenvalue weighted by molar-refractivity contribution is -0.128. The number of amides is 1. The van der Waals surface area contributed by atoms with Gasteiger partial charge in [0, 0.05) is 6.04 Å². The molecule has 21 heavy (non-hydrogen) atoms. The minimum atomic E-state index is -0.958. The van der Waals surface area contributed by atoms with Crippen LogP contribution in [-0.4, -0.2) is 23.0 Å². The molecule has 0 spiro atoms. The standard InChI is InChI=1S/C16H31N3O2/c1-7-16(6,12(17)19-21)13(20)18-11-8-14(2,3)10-15(4,5)9-11/h11,21H,7-10H2,1-6H3,(H2,17,19)(H,18,20). The highest BCUT2D eigenvalue weighted by atomic mass is 16.4. The van der Waals surface area contributed by atoms with Gasteiger partial charge in [-0.3, -0.25) is 4.79 Å². The van der Waals surface area contributed by atoms with E-state index in [-0.39, 0.29) is 28.6 Å². The first-order valence-electron chi connectivity index (χ1n) is 7.75. The van der Waals surface area contributed by atoms with E-state index in [0.29, 0.717) is 6.42 Å². The number of nitrogens with zero attached hydrogens (tertiary/aromatic N) is 1. The van der Waals surface area contributed by atoms with Crippen LogP contribution < -0.4 is 11.1 Å². The van der Waals surface area contributed by atoms with E-state index in [1.54, 1.807) is 6.92 Å². The highest BCUT2D eigenvalue weighted by Gasteiger charge is 2.42. The molecule has 5 heteroatoms. The average molecular weight is 297 g/mol. The van der Waals surface area contributed by atoms with Gasteiger partial charge in [-0.1, -0.05) is 39.8 Å². The molecule has 122 valence electrons. The number of nitrogens with one attached hydrogen (secondary N) is 1. The van der Waals surface area contributed by atoms with Crippen molar-refractivity contribution in [2.24, 2.45) is 27.1 Å². The van der Waals surface area contributed by atoms with Gasteiger partial charge < -0.3 is 16.3 Å². The van der Waals surface area contributed by atoms with Gasteiger partial charge in [0.2, 0.25) is 5.91 Å². The molecule has 0 aromatic carbocycles. The zero-order valence-corrected chi connectivity index (χ0v) is 14.3. The molecule has 0 radical (unpaired) electrons. The van der Waals surface area contributed by atoms with Crippen LogP contribution in [0.2, 0.25) is 0 Å². The van der Waals surface area contributed by atoms with Crippen molar-refractivity contribution >= 4 is 11.7 Å². The molecule has 0 aromatic rings. The second-order valence-electron chi connectivity index (χ2n) is 8.25. The van der Waals surface area contributed by atoms with Gasteiger partial charge in [0.25, 0.3) is 0 Å². The number of nitrogens with two attached hydrogens (primary N) is 1. The summed E-state index contributed by atoms with van der Waals surface area (Å²) in [5, 5.41) is 15.1. The topological polar surface area (TPSA) is 87.7 Å². The zero-order chi connectivity index (χ0) is 16.5. The Morgan fingerprint density at radius 2 is 1.81 bits per heavy atom. The fraction of sp³-hybridized carbons (Fsp3) is 0.875. The van der Waals surface area contributed by atoms with E-state index in [1.165, 1.54) is 0 Å². The second kappa shape index (κ2) is 5.85. The van der Waals surface area contributed by atoms with Crippen molar-refractivity contribution in [3.05, 3.63) is 0 Å². The maximum atomic E-state index is 12.6. The van der Waals surface area contributed by atoms with Crippen LogP contribution in [0.1, 0.15) is 67.2 Å². The Morgan fingerprint density at radius 3 is 2.19 bits per heavy atom. The number of hydrogen-bond acceptors (Lipinski definition) is 3. The fourth-order valence-corrected chi connectivity index (χ4v) is 3.86. The Balaban J connectivity index is 2.87. The molecular formula is C16H31N3O2. The van der Waals surface area contributed by atoms with Crippen LogP contribution in [0.4, 0.5) is 0 Å². The maximum Gasteiger partial charge on any atom is 0.233 e. The molecular weight excluding hydrogens is 266 g/mol. The van der Waals surface area contributed by atoms with Crippen LogP contribution in [0, 0.1) is 16.2 Å². The third-order valence-electron chi connectivity index (χ3n) is 4.77. The molecule has 4 N–H and O–H groups in total. The van der Waals surface area contributed by atoms with E-state index in [9.17, 15) is 4.79 Å². The van der Waals surface area contributed by atoms with Gasteiger partial charge in [0.05, 0.1) is 0 Å². The molecule has 0 bridgehead atoms. The largest absolute Gasteiger partial charge is 0.409 e. The molecule has 1 fully saturated rings. The average Bonchev–Trinajstić information content (AvgIpc) is 2.32. The van der Waals surface area contributed by atoms with E-state index >= 15 is 0 Å². The Kier molecular flexibility index (Phi) is 4.96. The Labute approximate surface area is 128 Å². The van der Waals surface area contributed by atoms with Crippen molar-refractivity contribution in [2.45, 2.75) is 73.3 Å². The lowest BCUT2D eigenvalue weighted by atomic mass is 9.63. The summed E-state index contributed by atoms with van der Waals surface area (Å²) in [6, 6.07) is 0.133. The molecule has 1 saturated carbocycles. The van der Waals surface area contributed by atoms with Gasteiger partial charge >= 0.3 is 0 Å². The van der Waals surface area contributed by atoms with Crippen molar-refractivity contribution in [1.82, 2.24) is 5.32 Å². The first-order valence-corrected chi connectivity index (χ1v) is 7.75. The van der Waals surface area contributed by atoms with Crippen LogP contribution in [0.5, 0.6) is 0 Å². The zero-order valence-electron chi connectivity index (χ0n) is 14.3. The molecule has 5 nitrogen and oxygen atoms in total. The van der Waals surface area contributed by atoms with Crippen LogP contribution >= 0.6 is 0 Å². The molecule has 1 rings (SSSR count). The summed E-state index contributed by atoms with van der Waals surface area (Å²) in [4.78, 5) is 12.6. The van der Waals surface area contributed by atoms with Crippen molar-refractivity contribution in [3.8, 4) is 0 Å². The van der Waals surface area contributed by atoms with Gasteiger partial charge in [-0.25, -0.2) is 0 Å². The van der Waals surface area contributed by atoms with Gasteiger partial charge in [0.1, 0.15) is 5.41 Å². The molecule has 1 atom stereocenters. The minimum absolute atomic E-state index is 0.0307. The van der Waals surface area contributed by atoms with Crippen molar-refractivity contribution in [3.63, 3.8) is 0 Å². The molecule has 0 heterocycles. The first kappa shape index (κ1) is 17.8. The summed E-state index contributed by atoms with van der Waals surface area (Å²) in [7, 11) is 0. The van der Waals surface area contributed by atoms with E-state index in [2.05, 4.69) is 38.2 Å². The summed E-state index contributed by atoms with van der Waals surface area (Å²) < 4.78 is 0. The molecule has 1 unspecified atom stereocenters. The molecule has 0 saturated heterocycles. The van der Waals surface area contributed by atoms with E-state index < -0.39 is 5.41 Å². The van der Waals surface area contributed by atoms with Crippen LogP contribution in [0.25, 0.3) is 0 Å². The third-order valence-corrected chi connectivity index (χ3v) is 4.77. The predicted molar refractivity (Wildman–Crippen MR) is 85.2 cm³/mol.